The summed E-state index contributed by atoms with van der Waals surface area (Å²) < 4.78 is 8.63. The first-order valence-electron chi connectivity index (χ1n) is 10.5. The number of thiazole rings is 1. The van der Waals surface area contributed by atoms with Crippen LogP contribution >= 0.6 is 11.3 Å². The van der Waals surface area contributed by atoms with Crippen molar-refractivity contribution in [1.29, 1.82) is 0 Å². The van der Waals surface area contributed by atoms with Gasteiger partial charge in [0.1, 0.15) is 5.75 Å². The van der Waals surface area contributed by atoms with E-state index in [1.165, 1.54) is 5.56 Å². The molecular weight excluding hydrogens is 408 g/mol. The summed E-state index contributed by atoms with van der Waals surface area (Å²) in [5.41, 5.74) is 3.08. The maximum atomic E-state index is 13.3. The first-order valence-corrected chi connectivity index (χ1v) is 11.3. The van der Waals surface area contributed by atoms with Crippen LogP contribution in [0.15, 0.2) is 61.2 Å². The molecule has 0 fully saturated rings. The van der Waals surface area contributed by atoms with Crippen LogP contribution in [0.1, 0.15) is 24.5 Å². The molecule has 0 atom stereocenters. The van der Waals surface area contributed by atoms with Crippen molar-refractivity contribution >= 4 is 32.6 Å². The lowest BCUT2D eigenvalue weighted by molar-refractivity contribution is -0.118. The molecule has 160 valence electrons. The smallest absolute Gasteiger partial charge is 0.233 e. The summed E-state index contributed by atoms with van der Waals surface area (Å²) in [5.74, 6) is 0.864. The van der Waals surface area contributed by atoms with Gasteiger partial charge in [0.15, 0.2) is 5.13 Å². The number of benzene rings is 2. The third kappa shape index (κ3) is 5.30. The predicted molar refractivity (Wildman–Crippen MR) is 125 cm³/mol. The van der Waals surface area contributed by atoms with Crippen molar-refractivity contribution in [3.63, 3.8) is 0 Å². The summed E-state index contributed by atoms with van der Waals surface area (Å²) in [6.07, 6.45) is 6.65. The number of carbonyl (C=O) groups excluding carboxylic acids is 1. The number of imidazole rings is 1. The Morgan fingerprint density at radius 2 is 2.03 bits per heavy atom. The molecule has 1 amide bonds. The summed E-state index contributed by atoms with van der Waals surface area (Å²) >= 11 is 1.57. The average Bonchev–Trinajstić information content (AvgIpc) is 3.42. The van der Waals surface area contributed by atoms with Crippen molar-refractivity contribution in [1.82, 2.24) is 14.5 Å². The topological polar surface area (TPSA) is 60.2 Å². The zero-order chi connectivity index (χ0) is 21.6. The molecule has 7 heteroatoms. The Bertz CT molecular complexity index is 1140. The number of carbonyl (C=O) groups is 1. The van der Waals surface area contributed by atoms with Crippen molar-refractivity contribution in [3.05, 3.63) is 72.3 Å². The summed E-state index contributed by atoms with van der Waals surface area (Å²) in [6, 6.07) is 13.9. The van der Waals surface area contributed by atoms with Gasteiger partial charge < -0.3 is 9.30 Å². The van der Waals surface area contributed by atoms with E-state index in [0.717, 1.165) is 39.6 Å². The maximum Gasteiger partial charge on any atom is 0.233 e. The Labute approximate surface area is 186 Å². The van der Waals surface area contributed by atoms with E-state index in [4.69, 9.17) is 9.72 Å². The first-order chi connectivity index (χ1) is 15.1. The normalized spacial score (nSPS) is 11.0. The van der Waals surface area contributed by atoms with E-state index < -0.39 is 0 Å². The van der Waals surface area contributed by atoms with Crippen LogP contribution in [0.5, 0.6) is 5.75 Å². The molecule has 2 aromatic heterocycles. The monoisotopic (exact) mass is 434 g/mol. The van der Waals surface area contributed by atoms with Crippen LogP contribution in [0.4, 0.5) is 5.13 Å². The van der Waals surface area contributed by atoms with Crippen LogP contribution in [-0.2, 0) is 17.8 Å². The van der Waals surface area contributed by atoms with Crippen molar-refractivity contribution in [3.8, 4) is 5.75 Å². The fourth-order valence-electron chi connectivity index (χ4n) is 3.43. The van der Waals surface area contributed by atoms with Crippen LogP contribution in [0.2, 0.25) is 0 Å². The molecular formula is C24H26N4O2S. The maximum absolute atomic E-state index is 13.3. The second-order valence-electron chi connectivity index (χ2n) is 7.42. The molecule has 6 nitrogen and oxygen atoms in total. The fraction of sp³-hybridized carbons (Fsp3) is 0.292. The quantitative estimate of drug-likeness (QED) is 0.377. The highest BCUT2D eigenvalue weighted by molar-refractivity contribution is 7.22. The van der Waals surface area contributed by atoms with E-state index in [2.05, 4.69) is 24.0 Å². The molecule has 0 radical (unpaired) electrons. The molecule has 0 aliphatic heterocycles. The second-order valence-corrected chi connectivity index (χ2v) is 8.43. The largest absolute Gasteiger partial charge is 0.494 e. The van der Waals surface area contributed by atoms with Gasteiger partial charge in [-0.25, -0.2) is 9.97 Å². The Hall–Kier alpha value is -3.19. The number of aromatic nitrogens is 3. The highest BCUT2D eigenvalue weighted by Gasteiger charge is 2.20. The van der Waals surface area contributed by atoms with Gasteiger partial charge >= 0.3 is 0 Å². The predicted octanol–water partition coefficient (Wildman–Crippen LogP) is 4.87. The highest BCUT2D eigenvalue weighted by atomic mass is 32.1. The van der Waals surface area contributed by atoms with Gasteiger partial charge in [0, 0.05) is 25.5 Å². The van der Waals surface area contributed by atoms with Gasteiger partial charge in [-0.15, -0.1) is 0 Å². The van der Waals surface area contributed by atoms with E-state index in [1.807, 2.05) is 52.9 Å². The van der Waals surface area contributed by atoms with E-state index >= 15 is 0 Å². The van der Waals surface area contributed by atoms with Crippen LogP contribution in [0.25, 0.3) is 10.2 Å². The van der Waals surface area contributed by atoms with E-state index in [-0.39, 0.29) is 5.91 Å². The number of aryl methyl sites for hydroxylation is 2. The third-order valence-corrected chi connectivity index (χ3v) is 6.05. The van der Waals surface area contributed by atoms with Crippen LogP contribution < -0.4 is 9.64 Å². The Balaban J connectivity index is 1.53. The molecule has 4 aromatic rings. The number of nitrogens with zero attached hydrogens (tertiary/aromatic N) is 4. The summed E-state index contributed by atoms with van der Waals surface area (Å²) in [6.45, 7) is 6.06. The second kappa shape index (κ2) is 9.75. The molecule has 0 unspecified atom stereocenters. The summed E-state index contributed by atoms with van der Waals surface area (Å²) in [7, 11) is 0. The molecule has 0 bridgehead atoms. The standard InChI is InChI=1S/C24H26N4O2S/c1-3-30-20-8-6-19(7-9-20)16-23(29)28(13-4-12-27-14-11-25-17-27)24-26-21-10-5-18(2)15-22(21)31-24/h5-11,14-15,17H,3-4,12-13,16H2,1-2H3. The molecule has 2 aromatic carbocycles. The number of amides is 1. The Kier molecular flexibility index (Phi) is 6.62. The lowest BCUT2D eigenvalue weighted by atomic mass is 10.1. The number of hydrogen-bond donors (Lipinski definition) is 0. The number of fused-ring (bicyclic) bond motifs is 1. The van der Waals surface area contributed by atoms with Gasteiger partial charge in [-0.2, -0.15) is 0 Å². The number of rotatable bonds is 9. The minimum atomic E-state index is 0.0468. The average molecular weight is 435 g/mol. The molecule has 31 heavy (non-hydrogen) atoms. The van der Waals surface area contributed by atoms with Crippen LogP contribution in [0.3, 0.4) is 0 Å². The minimum Gasteiger partial charge on any atom is -0.494 e. The molecule has 4 rings (SSSR count). The molecule has 0 aliphatic carbocycles. The third-order valence-electron chi connectivity index (χ3n) is 5.01. The van der Waals surface area contributed by atoms with E-state index in [1.54, 1.807) is 23.9 Å². The highest BCUT2D eigenvalue weighted by Crippen LogP contribution is 2.30. The summed E-state index contributed by atoms with van der Waals surface area (Å²) in [5, 5.41) is 0.752. The molecule has 0 saturated carbocycles. The Morgan fingerprint density at radius 1 is 1.19 bits per heavy atom. The van der Waals surface area contributed by atoms with Crippen LogP contribution in [0, 0.1) is 6.92 Å². The van der Waals surface area contributed by atoms with Gasteiger partial charge in [0.25, 0.3) is 0 Å². The lowest BCUT2D eigenvalue weighted by Crippen LogP contribution is -2.33. The number of ether oxygens (including phenoxy) is 1. The Morgan fingerprint density at radius 3 is 2.77 bits per heavy atom. The van der Waals surface area contributed by atoms with Crippen LogP contribution in [-0.4, -0.2) is 33.6 Å². The van der Waals surface area contributed by atoms with Gasteiger partial charge in [-0.05, 0) is 55.7 Å². The van der Waals surface area contributed by atoms with E-state index in [9.17, 15) is 4.79 Å². The SMILES string of the molecule is CCOc1ccc(CC(=O)N(CCCn2ccnc2)c2nc3ccc(C)cc3s2)cc1. The summed E-state index contributed by atoms with van der Waals surface area (Å²) in [4.78, 5) is 24.0. The zero-order valence-electron chi connectivity index (χ0n) is 17.8. The van der Waals surface area contributed by atoms with Crippen molar-refractivity contribution in [2.45, 2.75) is 33.2 Å². The molecule has 2 heterocycles. The van der Waals surface area contributed by atoms with Crippen molar-refractivity contribution < 1.29 is 9.53 Å². The molecule has 0 saturated heterocycles. The number of anilines is 1. The van der Waals surface area contributed by atoms with Gasteiger partial charge in [-0.3, -0.25) is 9.69 Å². The zero-order valence-corrected chi connectivity index (χ0v) is 18.6. The minimum absolute atomic E-state index is 0.0468. The fourth-order valence-corrected chi connectivity index (χ4v) is 4.54. The van der Waals surface area contributed by atoms with Crippen molar-refractivity contribution in [2.24, 2.45) is 0 Å². The molecule has 0 aliphatic rings. The van der Waals surface area contributed by atoms with Gasteiger partial charge in [0.05, 0.1) is 29.6 Å². The first kappa shape index (κ1) is 21.1. The number of hydrogen-bond acceptors (Lipinski definition) is 5. The van der Waals surface area contributed by atoms with Gasteiger partial charge in [0.2, 0.25) is 5.91 Å². The molecule has 0 spiro atoms. The van der Waals surface area contributed by atoms with Gasteiger partial charge in [-0.1, -0.05) is 29.5 Å². The van der Waals surface area contributed by atoms with Crippen molar-refractivity contribution in [2.75, 3.05) is 18.1 Å². The lowest BCUT2D eigenvalue weighted by Gasteiger charge is -2.20. The van der Waals surface area contributed by atoms with E-state index in [0.29, 0.717) is 19.6 Å². The molecule has 0 N–H and O–H groups in total.